The Morgan fingerprint density at radius 3 is 2.83 bits per heavy atom. The van der Waals surface area contributed by atoms with Crippen molar-refractivity contribution in [2.45, 2.75) is 70.8 Å². The third kappa shape index (κ3) is 2.28. The second-order valence-electron chi connectivity index (χ2n) is 5.72. The van der Waals surface area contributed by atoms with E-state index in [2.05, 4.69) is 26.1 Å². The number of nitrogens with one attached hydrogen (secondary N) is 1. The van der Waals surface area contributed by atoms with Crippen LogP contribution in [0.4, 0.5) is 0 Å². The molecule has 0 radical (unpaired) electrons. The predicted octanol–water partition coefficient (Wildman–Crippen LogP) is 1.75. The number of carbonyl (C=O) groups is 1. The van der Waals surface area contributed by atoms with E-state index in [4.69, 9.17) is 4.74 Å². The van der Waals surface area contributed by atoms with Crippen LogP contribution in [0, 0.1) is 5.92 Å². The zero-order chi connectivity index (χ0) is 13.3. The molecule has 1 aliphatic carbocycles. The molecule has 104 valence electrons. The normalized spacial score (nSPS) is 38.4. The summed E-state index contributed by atoms with van der Waals surface area (Å²) in [6, 6.07) is 0.252. The Labute approximate surface area is 110 Å². The van der Waals surface area contributed by atoms with Crippen molar-refractivity contribution in [3.8, 4) is 0 Å². The molecule has 2 rings (SSSR count). The highest BCUT2D eigenvalue weighted by molar-refractivity contribution is 5.85. The fourth-order valence-corrected chi connectivity index (χ4v) is 3.36. The first kappa shape index (κ1) is 13.8. The molecule has 0 aromatic carbocycles. The van der Waals surface area contributed by atoms with Gasteiger partial charge in [-0.05, 0) is 32.1 Å². The van der Waals surface area contributed by atoms with Crippen molar-refractivity contribution in [2.24, 2.45) is 5.92 Å². The zero-order valence-electron chi connectivity index (χ0n) is 12.0. The Morgan fingerprint density at radius 2 is 2.22 bits per heavy atom. The van der Waals surface area contributed by atoms with Crippen LogP contribution in [-0.4, -0.2) is 42.3 Å². The lowest BCUT2D eigenvalue weighted by atomic mass is 9.99. The van der Waals surface area contributed by atoms with Gasteiger partial charge in [-0.3, -0.25) is 10.1 Å². The van der Waals surface area contributed by atoms with E-state index >= 15 is 0 Å². The molecule has 2 aliphatic rings. The summed E-state index contributed by atoms with van der Waals surface area (Å²) in [4.78, 5) is 14.6. The Kier molecular flexibility index (Phi) is 4.28. The molecule has 1 heterocycles. The lowest BCUT2D eigenvalue weighted by molar-refractivity contribution is -0.135. The summed E-state index contributed by atoms with van der Waals surface area (Å²) >= 11 is 0. The van der Waals surface area contributed by atoms with Crippen LogP contribution in [0.3, 0.4) is 0 Å². The Morgan fingerprint density at radius 1 is 1.50 bits per heavy atom. The summed E-state index contributed by atoms with van der Waals surface area (Å²) in [5.74, 6) is 0.665. The largest absolute Gasteiger partial charge is 0.379 e. The maximum atomic E-state index is 12.6. The van der Waals surface area contributed by atoms with Gasteiger partial charge in [0, 0.05) is 7.11 Å². The second-order valence-corrected chi connectivity index (χ2v) is 5.72. The van der Waals surface area contributed by atoms with Crippen molar-refractivity contribution in [1.29, 1.82) is 0 Å². The van der Waals surface area contributed by atoms with E-state index in [1.807, 2.05) is 4.90 Å². The van der Waals surface area contributed by atoms with Crippen LogP contribution >= 0.6 is 0 Å². The molecule has 1 amide bonds. The molecular weight excluding hydrogens is 228 g/mol. The molecule has 2 fully saturated rings. The van der Waals surface area contributed by atoms with Crippen molar-refractivity contribution < 1.29 is 9.53 Å². The maximum absolute atomic E-state index is 12.6. The van der Waals surface area contributed by atoms with Gasteiger partial charge in [0.05, 0.1) is 24.4 Å². The molecule has 0 aromatic rings. The fourth-order valence-electron chi connectivity index (χ4n) is 3.36. The SMILES string of the molecule is CCC(C)C1NC(C)N(C2CCCC2OC)C1=O. The molecule has 18 heavy (non-hydrogen) atoms. The Bertz CT molecular complexity index is 308. The number of rotatable bonds is 4. The monoisotopic (exact) mass is 254 g/mol. The summed E-state index contributed by atoms with van der Waals surface area (Å²) < 4.78 is 5.53. The predicted molar refractivity (Wildman–Crippen MR) is 71.1 cm³/mol. The second kappa shape index (κ2) is 5.57. The summed E-state index contributed by atoms with van der Waals surface area (Å²) in [5, 5.41) is 3.45. The van der Waals surface area contributed by atoms with Gasteiger partial charge < -0.3 is 9.64 Å². The van der Waals surface area contributed by atoms with Gasteiger partial charge in [0.2, 0.25) is 5.91 Å². The molecule has 1 saturated heterocycles. The molecule has 1 saturated carbocycles. The van der Waals surface area contributed by atoms with Gasteiger partial charge >= 0.3 is 0 Å². The van der Waals surface area contributed by atoms with Crippen molar-refractivity contribution in [3.63, 3.8) is 0 Å². The van der Waals surface area contributed by atoms with E-state index < -0.39 is 0 Å². The molecule has 0 aromatic heterocycles. The molecular formula is C14H26N2O2. The van der Waals surface area contributed by atoms with E-state index in [0.717, 1.165) is 25.7 Å². The Balaban J connectivity index is 2.11. The molecule has 4 nitrogen and oxygen atoms in total. The molecule has 5 atom stereocenters. The topological polar surface area (TPSA) is 41.6 Å². The molecule has 4 heteroatoms. The van der Waals surface area contributed by atoms with Crippen LogP contribution < -0.4 is 5.32 Å². The van der Waals surface area contributed by atoms with E-state index in [-0.39, 0.29) is 30.3 Å². The van der Waals surface area contributed by atoms with Gasteiger partial charge in [-0.1, -0.05) is 20.3 Å². The van der Waals surface area contributed by atoms with Crippen LogP contribution in [0.2, 0.25) is 0 Å². The van der Waals surface area contributed by atoms with Crippen LogP contribution in [0.1, 0.15) is 46.5 Å². The van der Waals surface area contributed by atoms with Crippen LogP contribution in [-0.2, 0) is 9.53 Å². The smallest absolute Gasteiger partial charge is 0.241 e. The van der Waals surface area contributed by atoms with Gasteiger partial charge in [0.1, 0.15) is 0 Å². The van der Waals surface area contributed by atoms with Gasteiger partial charge in [-0.25, -0.2) is 0 Å². The zero-order valence-corrected chi connectivity index (χ0v) is 12.0. The lowest BCUT2D eigenvalue weighted by Crippen LogP contribution is -2.47. The third-order valence-corrected chi connectivity index (χ3v) is 4.65. The number of carbonyl (C=O) groups excluding carboxylic acids is 1. The van der Waals surface area contributed by atoms with E-state index in [1.165, 1.54) is 0 Å². The molecule has 0 bridgehead atoms. The third-order valence-electron chi connectivity index (χ3n) is 4.65. The first-order valence-corrected chi connectivity index (χ1v) is 7.21. The van der Waals surface area contributed by atoms with Crippen molar-refractivity contribution in [3.05, 3.63) is 0 Å². The van der Waals surface area contributed by atoms with E-state index in [1.54, 1.807) is 7.11 Å². The highest BCUT2D eigenvalue weighted by Gasteiger charge is 2.45. The summed E-state index contributed by atoms with van der Waals surface area (Å²) in [6.45, 7) is 6.38. The summed E-state index contributed by atoms with van der Waals surface area (Å²) in [7, 11) is 1.76. The van der Waals surface area contributed by atoms with Gasteiger partial charge in [0.15, 0.2) is 0 Å². The minimum absolute atomic E-state index is 0.0110. The number of ether oxygens (including phenoxy) is 1. The number of nitrogens with zero attached hydrogens (tertiary/aromatic N) is 1. The molecule has 5 unspecified atom stereocenters. The van der Waals surface area contributed by atoms with Crippen LogP contribution in [0.25, 0.3) is 0 Å². The average molecular weight is 254 g/mol. The molecule has 1 N–H and O–H groups in total. The van der Waals surface area contributed by atoms with Crippen molar-refractivity contribution in [2.75, 3.05) is 7.11 Å². The minimum atomic E-state index is -0.0110. The molecule has 1 aliphatic heterocycles. The van der Waals surface area contributed by atoms with Crippen molar-refractivity contribution in [1.82, 2.24) is 10.2 Å². The molecule has 0 spiro atoms. The highest BCUT2D eigenvalue weighted by Crippen LogP contribution is 2.31. The number of hydrogen-bond acceptors (Lipinski definition) is 3. The van der Waals surface area contributed by atoms with Gasteiger partial charge in [-0.2, -0.15) is 0 Å². The standard InChI is InChI=1S/C14H26N2O2/c1-5-9(2)13-14(17)16(10(3)15-13)11-7-6-8-12(11)18-4/h9-13,15H,5-8H2,1-4H3. The first-order chi connectivity index (χ1) is 8.60. The fraction of sp³-hybridized carbons (Fsp3) is 0.929. The quantitative estimate of drug-likeness (QED) is 0.831. The van der Waals surface area contributed by atoms with Crippen LogP contribution in [0.15, 0.2) is 0 Å². The summed E-state index contributed by atoms with van der Waals surface area (Å²) in [6.07, 6.45) is 4.69. The number of hydrogen-bond donors (Lipinski definition) is 1. The average Bonchev–Trinajstić information content (AvgIpc) is 2.92. The summed E-state index contributed by atoms with van der Waals surface area (Å²) in [5.41, 5.74) is 0. The van der Waals surface area contributed by atoms with Gasteiger partial charge in [-0.15, -0.1) is 0 Å². The van der Waals surface area contributed by atoms with Crippen molar-refractivity contribution >= 4 is 5.91 Å². The van der Waals surface area contributed by atoms with Gasteiger partial charge in [0.25, 0.3) is 0 Å². The Hall–Kier alpha value is -0.610. The van der Waals surface area contributed by atoms with E-state index in [0.29, 0.717) is 5.92 Å². The highest BCUT2D eigenvalue weighted by atomic mass is 16.5. The minimum Gasteiger partial charge on any atom is -0.379 e. The number of amides is 1. The maximum Gasteiger partial charge on any atom is 0.241 e. The van der Waals surface area contributed by atoms with Crippen LogP contribution in [0.5, 0.6) is 0 Å². The van der Waals surface area contributed by atoms with E-state index in [9.17, 15) is 4.79 Å². The number of methoxy groups -OCH3 is 1. The first-order valence-electron chi connectivity index (χ1n) is 7.21. The lowest BCUT2D eigenvalue weighted by Gasteiger charge is -2.31.